The summed E-state index contributed by atoms with van der Waals surface area (Å²) >= 11 is 0. The number of hydrogen-bond donors (Lipinski definition) is 2. The molecule has 9 heteroatoms. The van der Waals surface area contributed by atoms with E-state index in [4.69, 9.17) is 4.74 Å². The van der Waals surface area contributed by atoms with Crippen molar-refractivity contribution in [2.24, 2.45) is 0 Å². The van der Waals surface area contributed by atoms with E-state index >= 15 is 0 Å². The Labute approximate surface area is 179 Å². The van der Waals surface area contributed by atoms with Gasteiger partial charge in [0.05, 0.1) is 11.4 Å². The Kier molecular flexibility index (Phi) is 5.99. The molecular formula is C21H29N5O3S. The Bertz CT molecular complexity index is 944. The minimum Gasteiger partial charge on any atom is -0.446 e. The maximum Gasteiger partial charge on any atom is 0.409 e. The van der Waals surface area contributed by atoms with E-state index in [1.54, 1.807) is 14.1 Å². The lowest BCUT2D eigenvalue weighted by molar-refractivity contribution is 0.0770. The van der Waals surface area contributed by atoms with E-state index in [2.05, 4.69) is 21.6 Å². The number of hydrogen-bond acceptors (Lipinski definition) is 5. The number of ether oxygens (including phenoxy) is 1. The van der Waals surface area contributed by atoms with Crippen molar-refractivity contribution < 1.29 is 13.7 Å². The van der Waals surface area contributed by atoms with Crippen molar-refractivity contribution in [2.75, 3.05) is 36.0 Å². The first-order valence-electron chi connectivity index (χ1n) is 10.4. The Morgan fingerprint density at radius 3 is 3.00 bits per heavy atom. The molecule has 3 atom stereocenters. The number of anilines is 3. The van der Waals surface area contributed by atoms with Gasteiger partial charge in [-0.2, -0.15) is 5.10 Å². The summed E-state index contributed by atoms with van der Waals surface area (Å²) in [5.41, 5.74) is 4.18. The van der Waals surface area contributed by atoms with Crippen LogP contribution < -0.4 is 9.62 Å². The van der Waals surface area contributed by atoms with Gasteiger partial charge in [-0.15, -0.1) is 0 Å². The summed E-state index contributed by atoms with van der Waals surface area (Å²) in [5, 5.41) is 11.0. The maximum absolute atomic E-state index is 12.5. The normalized spacial score (nSPS) is 23.2. The van der Waals surface area contributed by atoms with E-state index in [0.717, 1.165) is 48.6 Å². The predicted molar refractivity (Wildman–Crippen MR) is 119 cm³/mol. The zero-order valence-corrected chi connectivity index (χ0v) is 18.5. The molecule has 0 saturated heterocycles. The summed E-state index contributed by atoms with van der Waals surface area (Å²) in [4.78, 5) is 13.2. The molecule has 162 valence electrons. The quantitative estimate of drug-likeness (QED) is 0.756. The minimum atomic E-state index is -0.997. The molecule has 1 aromatic heterocycles. The van der Waals surface area contributed by atoms with E-state index in [1.165, 1.54) is 10.5 Å². The van der Waals surface area contributed by atoms with Crippen LogP contribution >= 0.6 is 0 Å². The SMILES string of the molecule is CCN1c2c(cccc2Nc2cc(C3CCC(OC(=O)N(C)C)C3)[nH]n2)CCS1=O. The van der Waals surface area contributed by atoms with Crippen LogP contribution in [0.5, 0.6) is 0 Å². The Balaban J connectivity index is 1.46. The van der Waals surface area contributed by atoms with Crippen LogP contribution in [0.3, 0.4) is 0 Å². The molecule has 1 saturated carbocycles. The first-order chi connectivity index (χ1) is 14.5. The van der Waals surface area contributed by atoms with E-state index in [1.807, 2.05) is 29.4 Å². The van der Waals surface area contributed by atoms with Crippen LogP contribution in [0, 0.1) is 0 Å². The molecule has 1 aliphatic carbocycles. The van der Waals surface area contributed by atoms with Crippen molar-refractivity contribution >= 4 is 34.3 Å². The first-order valence-corrected chi connectivity index (χ1v) is 11.7. The lowest BCUT2D eigenvalue weighted by Gasteiger charge is -2.30. The van der Waals surface area contributed by atoms with Crippen LogP contribution in [0.15, 0.2) is 24.3 Å². The molecule has 1 amide bonds. The molecule has 1 fully saturated rings. The molecule has 2 N–H and O–H groups in total. The standard InChI is InChI=1S/C21H29N5O3S/c1-4-26-20-14(10-11-30(26)28)6-5-7-17(20)22-19-13-18(23-24-19)15-8-9-16(12-15)29-21(27)25(2)3/h5-7,13,15-16H,4,8-12H2,1-3H3,(H2,22,23,24). The number of aromatic nitrogens is 2. The number of aryl methyl sites for hydroxylation is 1. The van der Waals surface area contributed by atoms with E-state index in [0.29, 0.717) is 12.3 Å². The van der Waals surface area contributed by atoms with Gasteiger partial charge in [0.25, 0.3) is 0 Å². The molecule has 2 aliphatic rings. The number of amides is 1. The Morgan fingerprint density at radius 1 is 1.40 bits per heavy atom. The van der Waals surface area contributed by atoms with Crippen LogP contribution in [0.25, 0.3) is 0 Å². The lowest BCUT2D eigenvalue weighted by Crippen LogP contribution is -2.33. The number of nitrogens with one attached hydrogen (secondary N) is 2. The fourth-order valence-corrected chi connectivity index (χ4v) is 5.55. The molecule has 0 bridgehead atoms. The van der Waals surface area contributed by atoms with Crippen LogP contribution in [-0.4, -0.2) is 57.9 Å². The number of benzene rings is 1. The third-order valence-corrected chi connectivity index (χ3v) is 7.25. The fourth-order valence-electron chi connectivity index (χ4n) is 4.23. The zero-order chi connectivity index (χ0) is 21.3. The van der Waals surface area contributed by atoms with E-state index in [9.17, 15) is 9.00 Å². The van der Waals surface area contributed by atoms with E-state index < -0.39 is 11.0 Å². The average molecular weight is 432 g/mol. The second-order valence-electron chi connectivity index (χ2n) is 8.03. The average Bonchev–Trinajstić information content (AvgIpc) is 3.37. The summed E-state index contributed by atoms with van der Waals surface area (Å²) in [5.74, 6) is 1.69. The van der Waals surface area contributed by atoms with Gasteiger partial charge in [0.2, 0.25) is 0 Å². The lowest BCUT2D eigenvalue weighted by atomic mass is 10.0. The molecule has 2 aromatic rings. The molecule has 1 aromatic carbocycles. The van der Waals surface area contributed by atoms with Crippen LogP contribution in [-0.2, 0) is 22.1 Å². The molecule has 3 unspecified atom stereocenters. The van der Waals surface area contributed by atoms with Crippen LogP contribution in [0.2, 0.25) is 0 Å². The number of fused-ring (bicyclic) bond motifs is 1. The zero-order valence-electron chi connectivity index (χ0n) is 17.7. The summed E-state index contributed by atoms with van der Waals surface area (Å²) in [6.07, 6.45) is 3.07. The van der Waals surface area contributed by atoms with Crippen molar-refractivity contribution in [3.8, 4) is 0 Å². The van der Waals surface area contributed by atoms with E-state index in [-0.39, 0.29) is 18.1 Å². The fraction of sp³-hybridized carbons (Fsp3) is 0.524. The van der Waals surface area contributed by atoms with Gasteiger partial charge in [-0.05, 0) is 44.2 Å². The maximum atomic E-state index is 12.5. The molecule has 2 heterocycles. The van der Waals surface area contributed by atoms with Gasteiger partial charge < -0.3 is 15.0 Å². The van der Waals surface area contributed by atoms with Gasteiger partial charge in [-0.3, -0.25) is 9.40 Å². The monoisotopic (exact) mass is 431 g/mol. The number of nitrogens with zero attached hydrogens (tertiary/aromatic N) is 3. The molecule has 8 nitrogen and oxygen atoms in total. The minimum absolute atomic E-state index is 0.0566. The van der Waals surface area contributed by atoms with Gasteiger partial charge in [-0.25, -0.2) is 9.00 Å². The molecular weight excluding hydrogens is 402 g/mol. The van der Waals surface area contributed by atoms with Crippen molar-refractivity contribution in [1.82, 2.24) is 15.1 Å². The molecule has 1 aliphatic heterocycles. The van der Waals surface area contributed by atoms with Gasteiger partial charge in [0.1, 0.15) is 17.1 Å². The highest BCUT2D eigenvalue weighted by atomic mass is 32.2. The number of H-pyrrole nitrogens is 1. The summed E-state index contributed by atoms with van der Waals surface area (Å²) in [7, 11) is 2.39. The summed E-state index contributed by atoms with van der Waals surface area (Å²) in [6.45, 7) is 2.72. The number of aromatic amines is 1. The smallest absolute Gasteiger partial charge is 0.409 e. The highest BCUT2D eigenvalue weighted by Crippen LogP contribution is 2.38. The third-order valence-electron chi connectivity index (χ3n) is 5.77. The predicted octanol–water partition coefficient (Wildman–Crippen LogP) is 3.53. The number of rotatable bonds is 5. The molecule has 0 radical (unpaired) electrons. The number of carbonyl (C=O) groups is 1. The van der Waals surface area contributed by atoms with Gasteiger partial charge in [-0.1, -0.05) is 12.1 Å². The number of para-hydroxylation sites is 1. The highest BCUT2D eigenvalue weighted by Gasteiger charge is 2.30. The van der Waals surface area contributed by atoms with Crippen LogP contribution in [0.4, 0.5) is 22.0 Å². The molecule has 30 heavy (non-hydrogen) atoms. The largest absolute Gasteiger partial charge is 0.446 e. The van der Waals surface area contributed by atoms with Crippen molar-refractivity contribution in [3.63, 3.8) is 0 Å². The molecule has 4 rings (SSSR count). The Hall–Kier alpha value is -2.55. The van der Waals surface area contributed by atoms with Gasteiger partial charge in [0.15, 0.2) is 5.82 Å². The highest BCUT2D eigenvalue weighted by molar-refractivity contribution is 7.86. The van der Waals surface area contributed by atoms with Gasteiger partial charge >= 0.3 is 6.09 Å². The summed E-state index contributed by atoms with van der Waals surface area (Å²) < 4.78 is 19.9. The third kappa shape index (κ3) is 4.16. The molecule has 0 spiro atoms. The van der Waals surface area contributed by atoms with Crippen molar-refractivity contribution in [1.29, 1.82) is 0 Å². The topological polar surface area (TPSA) is 90.6 Å². The van der Waals surface area contributed by atoms with Crippen molar-refractivity contribution in [2.45, 2.75) is 44.6 Å². The second kappa shape index (κ2) is 8.67. The second-order valence-corrected chi connectivity index (χ2v) is 9.52. The number of carbonyl (C=O) groups excluding carboxylic acids is 1. The first kappa shape index (κ1) is 20.7. The van der Waals surface area contributed by atoms with Gasteiger partial charge in [0, 0.05) is 44.1 Å². The summed E-state index contributed by atoms with van der Waals surface area (Å²) in [6, 6.07) is 8.15. The van der Waals surface area contributed by atoms with Crippen molar-refractivity contribution in [3.05, 3.63) is 35.5 Å². The Morgan fingerprint density at radius 2 is 2.23 bits per heavy atom. The van der Waals surface area contributed by atoms with Crippen LogP contribution in [0.1, 0.15) is 43.4 Å².